The second-order valence-electron chi connectivity index (χ2n) is 5.57. The number of morpholine rings is 1. The minimum Gasteiger partial charge on any atom is -0.393 e. The maximum Gasteiger partial charge on any atom is 0.134 e. The summed E-state index contributed by atoms with van der Waals surface area (Å²) in [5, 5.41) is 12.9. The molecule has 1 aliphatic heterocycles. The highest BCUT2D eigenvalue weighted by atomic mass is 16.5. The molecule has 2 N–H and O–H groups in total. The van der Waals surface area contributed by atoms with E-state index >= 15 is 0 Å². The summed E-state index contributed by atoms with van der Waals surface area (Å²) in [6.45, 7) is 4.15. The van der Waals surface area contributed by atoms with Gasteiger partial charge in [-0.1, -0.05) is 0 Å². The minimum absolute atomic E-state index is 0.115. The molecule has 2 heterocycles. The summed E-state index contributed by atoms with van der Waals surface area (Å²) in [5.74, 6) is 2.37. The normalized spacial score (nSPS) is 26.8. The molecule has 2 unspecified atom stereocenters. The van der Waals surface area contributed by atoms with Crippen LogP contribution in [0.5, 0.6) is 0 Å². The fraction of sp³-hybridized carbons (Fsp3) is 0.714. The Bertz CT molecular complexity index is 437. The van der Waals surface area contributed by atoms with E-state index in [-0.39, 0.29) is 6.10 Å². The van der Waals surface area contributed by atoms with Crippen LogP contribution < -0.4 is 10.2 Å². The molecule has 0 radical (unpaired) electrons. The summed E-state index contributed by atoms with van der Waals surface area (Å²) < 4.78 is 5.35. The summed E-state index contributed by atoms with van der Waals surface area (Å²) in [6.07, 6.45) is 4.41. The van der Waals surface area contributed by atoms with Gasteiger partial charge < -0.3 is 20.1 Å². The van der Waals surface area contributed by atoms with Gasteiger partial charge in [0.15, 0.2) is 0 Å². The largest absolute Gasteiger partial charge is 0.393 e. The highest BCUT2D eigenvalue weighted by Gasteiger charge is 2.22. The van der Waals surface area contributed by atoms with Crippen molar-refractivity contribution in [1.29, 1.82) is 0 Å². The van der Waals surface area contributed by atoms with Crippen molar-refractivity contribution in [2.45, 2.75) is 25.4 Å². The standard InChI is InChI=1S/C14H22N4O2/c19-12-2-1-11(7-12)9-15-13-8-14(17-10-16-13)18-3-5-20-6-4-18/h8,10-12,19H,1-7,9H2,(H,15,16,17). The molecule has 3 rings (SSSR count). The maximum atomic E-state index is 9.54. The number of anilines is 2. The van der Waals surface area contributed by atoms with Crippen LogP contribution >= 0.6 is 0 Å². The van der Waals surface area contributed by atoms with Crippen LogP contribution in [0, 0.1) is 5.92 Å². The fourth-order valence-electron chi connectivity index (χ4n) is 2.89. The number of aromatic nitrogens is 2. The SMILES string of the molecule is OC1CCC(CNc2cc(N3CCOCC3)ncn2)C1. The van der Waals surface area contributed by atoms with Crippen LogP contribution in [-0.2, 0) is 4.74 Å². The average molecular weight is 278 g/mol. The Labute approximate surface area is 119 Å². The molecule has 1 aliphatic carbocycles. The van der Waals surface area contributed by atoms with Crippen molar-refractivity contribution in [2.75, 3.05) is 43.1 Å². The van der Waals surface area contributed by atoms with Crippen molar-refractivity contribution in [2.24, 2.45) is 5.92 Å². The predicted molar refractivity (Wildman–Crippen MR) is 76.9 cm³/mol. The molecule has 1 aromatic heterocycles. The molecule has 2 aliphatic rings. The van der Waals surface area contributed by atoms with E-state index in [0.29, 0.717) is 5.92 Å². The van der Waals surface area contributed by atoms with E-state index < -0.39 is 0 Å². The van der Waals surface area contributed by atoms with Gasteiger partial charge in [0.05, 0.1) is 19.3 Å². The van der Waals surface area contributed by atoms with Crippen molar-refractivity contribution < 1.29 is 9.84 Å². The van der Waals surface area contributed by atoms with E-state index in [1.165, 1.54) is 0 Å². The Morgan fingerprint density at radius 1 is 1.30 bits per heavy atom. The molecule has 1 saturated heterocycles. The van der Waals surface area contributed by atoms with E-state index in [1.54, 1.807) is 6.33 Å². The predicted octanol–water partition coefficient (Wildman–Crippen LogP) is 0.886. The first-order valence-electron chi connectivity index (χ1n) is 7.38. The number of hydrogen-bond acceptors (Lipinski definition) is 6. The van der Waals surface area contributed by atoms with Crippen LogP contribution in [0.4, 0.5) is 11.6 Å². The molecule has 0 spiro atoms. The smallest absolute Gasteiger partial charge is 0.134 e. The van der Waals surface area contributed by atoms with E-state index in [2.05, 4.69) is 20.2 Å². The van der Waals surface area contributed by atoms with Gasteiger partial charge in [0, 0.05) is 25.7 Å². The lowest BCUT2D eigenvalue weighted by Gasteiger charge is -2.27. The molecular formula is C14H22N4O2. The van der Waals surface area contributed by atoms with Crippen molar-refractivity contribution in [3.05, 3.63) is 12.4 Å². The first-order chi connectivity index (χ1) is 9.81. The lowest BCUT2D eigenvalue weighted by Crippen LogP contribution is -2.36. The zero-order chi connectivity index (χ0) is 13.8. The Hall–Kier alpha value is -1.40. The maximum absolute atomic E-state index is 9.54. The molecule has 110 valence electrons. The molecule has 20 heavy (non-hydrogen) atoms. The molecule has 2 atom stereocenters. The topological polar surface area (TPSA) is 70.5 Å². The summed E-state index contributed by atoms with van der Waals surface area (Å²) in [5.41, 5.74) is 0. The number of nitrogens with one attached hydrogen (secondary N) is 1. The number of hydrogen-bond donors (Lipinski definition) is 2. The Kier molecular flexibility index (Phi) is 4.32. The monoisotopic (exact) mass is 278 g/mol. The third kappa shape index (κ3) is 3.37. The zero-order valence-corrected chi connectivity index (χ0v) is 11.7. The highest BCUT2D eigenvalue weighted by Crippen LogP contribution is 2.25. The summed E-state index contributed by atoms with van der Waals surface area (Å²) in [7, 11) is 0. The number of ether oxygens (including phenoxy) is 1. The first-order valence-corrected chi connectivity index (χ1v) is 7.38. The highest BCUT2D eigenvalue weighted by molar-refractivity contribution is 5.48. The molecule has 6 heteroatoms. The average Bonchev–Trinajstić information content (AvgIpc) is 2.92. The van der Waals surface area contributed by atoms with Gasteiger partial charge in [-0.2, -0.15) is 0 Å². The van der Waals surface area contributed by atoms with Gasteiger partial charge in [0.2, 0.25) is 0 Å². The lowest BCUT2D eigenvalue weighted by atomic mass is 10.1. The minimum atomic E-state index is -0.115. The molecular weight excluding hydrogens is 256 g/mol. The summed E-state index contributed by atoms with van der Waals surface area (Å²) in [4.78, 5) is 10.8. The third-order valence-corrected chi connectivity index (χ3v) is 4.07. The van der Waals surface area contributed by atoms with Gasteiger partial charge in [-0.05, 0) is 25.2 Å². The number of nitrogens with zero attached hydrogens (tertiary/aromatic N) is 3. The first kappa shape index (κ1) is 13.6. The second-order valence-corrected chi connectivity index (χ2v) is 5.57. The Morgan fingerprint density at radius 3 is 2.90 bits per heavy atom. The molecule has 0 aromatic carbocycles. The van der Waals surface area contributed by atoms with Gasteiger partial charge in [-0.25, -0.2) is 9.97 Å². The van der Waals surface area contributed by atoms with Crippen molar-refractivity contribution in [1.82, 2.24) is 9.97 Å². The Morgan fingerprint density at radius 2 is 2.15 bits per heavy atom. The van der Waals surface area contributed by atoms with Crippen LogP contribution in [0.1, 0.15) is 19.3 Å². The molecule has 1 saturated carbocycles. The zero-order valence-electron chi connectivity index (χ0n) is 11.7. The van der Waals surface area contributed by atoms with E-state index in [1.807, 2.05) is 6.07 Å². The van der Waals surface area contributed by atoms with Crippen LogP contribution in [0.2, 0.25) is 0 Å². The molecule has 1 aromatic rings. The van der Waals surface area contributed by atoms with Gasteiger partial charge in [-0.15, -0.1) is 0 Å². The van der Waals surface area contributed by atoms with Crippen LogP contribution in [-0.4, -0.2) is 54.0 Å². The van der Waals surface area contributed by atoms with Crippen LogP contribution in [0.25, 0.3) is 0 Å². The number of aliphatic hydroxyl groups is 1. The second kappa shape index (κ2) is 6.37. The quantitative estimate of drug-likeness (QED) is 0.852. The van der Waals surface area contributed by atoms with Gasteiger partial charge in [-0.3, -0.25) is 0 Å². The number of aliphatic hydroxyl groups excluding tert-OH is 1. The lowest BCUT2D eigenvalue weighted by molar-refractivity contribution is 0.122. The molecule has 2 fully saturated rings. The molecule has 0 amide bonds. The van der Waals surface area contributed by atoms with E-state index in [4.69, 9.17) is 4.74 Å². The summed E-state index contributed by atoms with van der Waals surface area (Å²) >= 11 is 0. The van der Waals surface area contributed by atoms with E-state index in [0.717, 1.165) is 63.7 Å². The van der Waals surface area contributed by atoms with E-state index in [9.17, 15) is 5.11 Å². The molecule has 0 bridgehead atoms. The van der Waals surface area contributed by atoms with Crippen molar-refractivity contribution in [3.8, 4) is 0 Å². The number of rotatable bonds is 4. The van der Waals surface area contributed by atoms with Crippen molar-refractivity contribution in [3.63, 3.8) is 0 Å². The van der Waals surface area contributed by atoms with Gasteiger partial charge in [0.1, 0.15) is 18.0 Å². The van der Waals surface area contributed by atoms with Gasteiger partial charge in [0.25, 0.3) is 0 Å². The van der Waals surface area contributed by atoms with Crippen LogP contribution in [0.3, 0.4) is 0 Å². The Balaban J connectivity index is 1.56. The fourth-order valence-corrected chi connectivity index (χ4v) is 2.89. The molecule has 6 nitrogen and oxygen atoms in total. The van der Waals surface area contributed by atoms with Crippen molar-refractivity contribution >= 4 is 11.6 Å². The third-order valence-electron chi connectivity index (χ3n) is 4.07. The summed E-state index contributed by atoms with van der Waals surface area (Å²) in [6, 6.07) is 2.00. The van der Waals surface area contributed by atoms with Crippen LogP contribution in [0.15, 0.2) is 12.4 Å². The van der Waals surface area contributed by atoms with Gasteiger partial charge >= 0.3 is 0 Å².